The minimum absolute atomic E-state index is 0.0939. The predicted octanol–water partition coefficient (Wildman–Crippen LogP) is 5.42. The molecule has 0 aliphatic rings. The minimum Gasteiger partial charge on any atom is -0.493 e. The molecule has 0 spiro atoms. The summed E-state index contributed by atoms with van der Waals surface area (Å²) < 4.78 is 24.1. The van der Waals surface area contributed by atoms with Crippen LogP contribution in [0.25, 0.3) is 28.2 Å². The molecule has 3 aromatic rings. The lowest BCUT2D eigenvalue weighted by Crippen LogP contribution is -2.05. The number of carbonyl (C=O) groups is 1. The van der Waals surface area contributed by atoms with Crippen LogP contribution in [0.5, 0.6) is 11.5 Å². The molecule has 0 saturated carbocycles. The van der Waals surface area contributed by atoms with Crippen LogP contribution in [0.2, 0.25) is 0 Å². The van der Waals surface area contributed by atoms with Crippen LogP contribution in [0.15, 0.2) is 35.9 Å². The second kappa shape index (κ2) is 9.92. The van der Waals surface area contributed by atoms with E-state index in [9.17, 15) is 4.79 Å². The van der Waals surface area contributed by atoms with E-state index in [-0.39, 0.29) is 12.8 Å². The molecule has 0 unspecified atom stereocenters. The number of carbonyl (C=O) groups excluding carboxylic acids is 1. The molecule has 32 heavy (non-hydrogen) atoms. The zero-order valence-corrected chi connectivity index (χ0v) is 19.9. The summed E-state index contributed by atoms with van der Waals surface area (Å²) in [5.41, 5.74) is 6.71. The molecule has 0 atom stereocenters. The quantitative estimate of drug-likeness (QED) is 0.268. The highest BCUT2D eigenvalue weighted by atomic mass is 16.7. The van der Waals surface area contributed by atoms with Gasteiger partial charge in [0.15, 0.2) is 18.3 Å². The van der Waals surface area contributed by atoms with E-state index in [1.807, 2.05) is 19.2 Å². The van der Waals surface area contributed by atoms with Crippen molar-refractivity contribution in [1.29, 1.82) is 0 Å². The first-order chi connectivity index (χ1) is 15.3. The Morgan fingerprint density at radius 2 is 1.81 bits per heavy atom. The molecule has 1 aromatic heterocycles. The largest absolute Gasteiger partial charge is 0.493 e. The van der Waals surface area contributed by atoms with Gasteiger partial charge in [-0.3, -0.25) is 0 Å². The van der Waals surface area contributed by atoms with E-state index >= 15 is 0 Å². The van der Waals surface area contributed by atoms with Crippen LogP contribution in [-0.2, 0) is 21.3 Å². The van der Waals surface area contributed by atoms with Crippen LogP contribution in [0.3, 0.4) is 0 Å². The first-order valence-electron chi connectivity index (χ1n) is 10.6. The van der Waals surface area contributed by atoms with Gasteiger partial charge < -0.3 is 23.5 Å². The maximum Gasteiger partial charge on any atom is 0.333 e. The highest BCUT2D eigenvalue weighted by molar-refractivity contribution is 6.04. The van der Waals surface area contributed by atoms with E-state index < -0.39 is 0 Å². The van der Waals surface area contributed by atoms with Gasteiger partial charge in [-0.2, -0.15) is 0 Å². The second-order valence-corrected chi connectivity index (χ2v) is 7.72. The maximum absolute atomic E-state index is 12.3. The SMILES string of the molecule is CCOC(=O)/C(C)=C/c1cc(OC)c(OCOC)c2c(C)c(-c3ccc(C)cc3)n(C)c12. The molecule has 0 N–H and O–H groups in total. The Hall–Kier alpha value is -3.25. The normalized spacial score (nSPS) is 11.7. The fourth-order valence-electron chi connectivity index (χ4n) is 4.02. The van der Waals surface area contributed by atoms with Crippen molar-refractivity contribution in [1.82, 2.24) is 4.57 Å². The zero-order chi connectivity index (χ0) is 23.4. The molecule has 3 rings (SSSR count). The lowest BCUT2D eigenvalue weighted by Gasteiger charge is -2.14. The number of hydrogen-bond acceptors (Lipinski definition) is 5. The Morgan fingerprint density at radius 1 is 1.12 bits per heavy atom. The number of fused-ring (bicyclic) bond motifs is 1. The summed E-state index contributed by atoms with van der Waals surface area (Å²) in [7, 11) is 5.21. The average molecular weight is 438 g/mol. The van der Waals surface area contributed by atoms with Crippen molar-refractivity contribution in [2.75, 3.05) is 27.6 Å². The fraction of sp³-hybridized carbons (Fsp3) is 0.346. The number of hydrogen-bond donors (Lipinski definition) is 0. The molecule has 1 heterocycles. The van der Waals surface area contributed by atoms with Gasteiger partial charge in [0, 0.05) is 30.7 Å². The van der Waals surface area contributed by atoms with Crippen LogP contribution < -0.4 is 9.47 Å². The van der Waals surface area contributed by atoms with Gasteiger partial charge in [0.05, 0.1) is 24.9 Å². The average Bonchev–Trinajstić information content (AvgIpc) is 3.04. The summed E-state index contributed by atoms with van der Waals surface area (Å²) in [6, 6.07) is 10.3. The number of nitrogens with zero attached hydrogens (tertiary/aromatic N) is 1. The topological polar surface area (TPSA) is 58.9 Å². The van der Waals surface area contributed by atoms with E-state index in [1.165, 1.54) is 5.56 Å². The van der Waals surface area contributed by atoms with Crippen molar-refractivity contribution < 1.29 is 23.7 Å². The van der Waals surface area contributed by atoms with Gasteiger partial charge >= 0.3 is 5.97 Å². The Morgan fingerprint density at radius 3 is 2.41 bits per heavy atom. The molecule has 6 heteroatoms. The number of rotatable bonds is 8. The van der Waals surface area contributed by atoms with Crippen molar-refractivity contribution in [3.05, 3.63) is 52.6 Å². The molecule has 6 nitrogen and oxygen atoms in total. The molecule has 0 bridgehead atoms. The first kappa shape index (κ1) is 23.4. The van der Waals surface area contributed by atoms with Crippen LogP contribution in [0.4, 0.5) is 0 Å². The molecular weight excluding hydrogens is 406 g/mol. The van der Waals surface area contributed by atoms with Crippen molar-refractivity contribution in [3.63, 3.8) is 0 Å². The molecule has 0 radical (unpaired) electrons. The Balaban J connectivity index is 2.37. The van der Waals surface area contributed by atoms with Crippen molar-refractivity contribution in [2.45, 2.75) is 27.7 Å². The van der Waals surface area contributed by atoms with E-state index in [4.69, 9.17) is 18.9 Å². The van der Waals surface area contributed by atoms with Gasteiger partial charge in [-0.25, -0.2) is 4.79 Å². The second-order valence-electron chi connectivity index (χ2n) is 7.72. The number of methoxy groups -OCH3 is 2. The van der Waals surface area contributed by atoms with E-state index in [1.54, 1.807) is 28.1 Å². The Kier molecular flexibility index (Phi) is 7.26. The summed E-state index contributed by atoms with van der Waals surface area (Å²) in [5.74, 6) is 0.840. The molecule has 0 aliphatic heterocycles. The van der Waals surface area contributed by atoms with Gasteiger partial charge in [0.2, 0.25) is 0 Å². The monoisotopic (exact) mass is 437 g/mol. The van der Waals surface area contributed by atoms with Gasteiger partial charge in [-0.15, -0.1) is 0 Å². The Labute approximate surface area is 189 Å². The van der Waals surface area contributed by atoms with Crippen LogP contribution >= 0.6 is 0 Å². The molecule has 0 aliphatic carbocycles. The first-order valence-corrected chi connectivity index (χ1v) is 10.6. The van der Waals surface area contributed by atoms with Crippen LogP contribution in [0, 0.1) is 13.8 Å². The van der Waals surface area contributed by atoms with E-state index in [0.717, 1.165) is 33.3 Å². The molecule has 0 amide bonds. The summed E-state index contributed by atoms with van der Waals surface area (Å²) >= 11 is 0. The van der Waals surface area contributed by atoms with Gasteiger partial charge in [0.1, 0.15) is 0 Å². The molecule has 0 saturated heterocycles. The number of ether oxygens (including phenoxy) is 4. The molecule has 0 fully saturated rings. The summed E-state index contributed by atoms with van der Waals surface area (Å²) in [6.07, 6.45) is 1.83. The number of benzene rings is 2. The van der Waals surface area contributed by atoms with Crippen LogP contribution in [-0.4, -0.2) is 38.2 Å². The summed E-state index contributed by atoms with van der Waals surface area (Å²) in [5, 5.41) is 0.919. The van der Waals surface area contributed by atoms with E-state index in [2.05, 4.69) is 42.7 Å². The van der Waals surface area contributed by atoms with Crippen molar-refractivity contribution in [3.8, 4) is 22.8 Å². The van der Waals surface area contributed by atoms with Crippen molar-refractivity contribution >= 4 is 22.9 Å². The summed E-state index contributed by atoms with van der Waals surface area (Å²) in [4.78, 5) is 12.3. The van der Waals surface area contributed by atoms with Crippen LogP contribution in [0.1, 0.15) is 30.5 Å². The third-order valence-corrected chi connectivity index (χ3v) is 5.48. The minimum atomic E-state index is -0.344. The predicted molar refractivity (Wildman–Crippen MR) is 127 cm³/mol. The number of esters is 1. The standard InChI is InChI=1S/C26H31NO5/c1-8-31-26(28)17(3)13-20-14-21(30-7)25(32-15-29-6)22-18(4)23(27(5)24(20)22)19-11-9-16(2)10-12-19/h9-14H,8,15H2,1-7H3/b17-13+. The highest BCUT2D eigenvalue weighted by Crippen LogP contribution is 2.45. The van der Waals surface area contributed by atoms with Gasteiger partial charge in [-0.1, -0.05) is 29.8 Å². The maximum atomic E-state index is 12.3. The number of aryl methyl sites for hydroxylation is 3. The lowest BCUT2D eigenvalue weighted by atomic mass is 10.0. The van der Waals surface area contributed by atoms with Crippen molar-refractivity contribution in [2.24, 2.45) is 7.05 Å². The third kappa shape index (κ3) is 4.36. The van der Waals surface area contributed by atoms with Gasteiger partial charge in [0.25, 0.3) is 0 Å². The Bertz CT molecular complexity index is 1160. The van der Waals surface area contributed by atoms with E-state index in [0.29, 0.717) is 23.7 Å². The lowest BCUT2D eigenvalue weighted by molar-refractivity contribution is -0.138. The smallest absolute Gasteiger partial charge is 0.333 e. The number of aromatic nitrogens is 1. The summed E-state index contributed by atoms with van der Waals surface area (Å²) in [6.45, 7) is 8.11. The third-order valence-electron chi connectivity index (χ3n) is 5.48. The molecule has 170 valence electrons. The molecular formula is C26H31NO5. The zero-order valence-electron chi connectivity index (χ0n) is 19.9. The molecule has 2 aromatic carbocycles. The fourth-order valence-corrected chi connectivity index (χ4v) is 4.02. The highest BCUT2D eigenvalue weighted by Gasteiger charge is 2.23. The van der Waals surface area contributed by atoms with Gasteiger partial charge in [-0.05, 0) is 51.0 Å².